The van der Waals surface area contributed by atoms with Crippen molar-refractivity contribution >= 4 is 11.9 Å². The lowest BCUT2D eigenvalue weighted by Crippen LogP contribution is -2.44. The lowest BCUT2D eigenvalue weighted by atomic mass is 9.94. The maximum absolute atomic E-state index is 12.5. The molecule has 2 rings (SSSR count). The molecule has 0 aliphatic carbocycles. The average Bonchev–Trinajstić information content (AvgIpc) is 3.07. The fourth-order valence-corrected chi connectivity index (χ4v) is 3.49. The van der Waals surface area contributed by atoms with E-state index in [1.54, 1.807) is 0 Å². The third kappa shape index (κ3) is 3.14. The van der Waals surface area contributed by atoms with Crippen molar-refractivity contribution in [2.45, 2.75) is 70.6 Å². The molecular formula is C15H25NO4. The maximum atomic E-state index is 12.5. The van der Waals surface area contributed by atoms with Crippen molar-refractivity contribution < 1.29 is 19.4 Å². The van der Waals surface area contributed by atoms with E-state index in [9.17, 15) is 9.59 Å². The van der Waals surface area contributed by atoms with Gasteiger partial charge in [0.25, 0.3) is 5.91 Å². The van der Waals surface area contributed by atoms with Crippen molar-refractivity contribution in [1.29, 1.82) is 0 Å². The largest absolute Gasteiger partial charge is 0.479 e. The number of likely N-dealkylation sites (tertiary alicyclic amines) is 1. The first-order chi connectivity index (χ1) is 9.54. The fourth-order valence-electron chi connectivity index (χ4n) is 3.49. The minimum atomic E-state index is -0.961. The molecule has 2 heterocycles. The summed E-state index contributed by atoms with van der Waals surface area (Å²) in [4.78, 5) is 25.4. The van der Waals surface area contributed by atoms with E-state index in [0.29, 0.717) is 24.8 Å². The van der Waals surface area contributed by atoms with Gasteiger partial charge in [0.1, 0.15) is 6.10 Å². The number of carboxylic acid groups (broad SMARTS) is 1. The Balaban J connectivity index is 1.96. The van der Waals surface area contributed by atoms with Gasteiger partial charge in [-0.2, -0.15) is 0 Å². The van der Waals surface area contributed by atoms with E-state index in [-0.39, 0.29) is 5.91 Å². The number of carbonyl (C=O) groups excluding carboxylic acids is 1. The van der Waals surface area contributed by atoms with Crippen molar-refractivity contribution in [3.63, 3.8) is 0 Å². The third-order valence-electron chi connectivity index (χ3n) is 4.55. The minimum absolute atomic E-state index is 0.000738. The first-order valence-electron chi connectivity index (χ1n) is 7.73. The predicted molar refractivity (Wildman–Crippen MR) is 74.3 cm³/mol. The summed E-state index contributed by atoms with van der Waals surface area (Å²) in [5.41, 5.74) is 0. The normalized spacial score (nSPS) is 31.5. The summed E-state index contributed by atoms with van der Waals surface area (Å²) in [5.74, 6) is -0.458. The zero-order chi connectivity index (χ0) is 14.7. The number of rotatable bonds is 5. The number of hydrogen-bond acceptors (Lipinski definition) is 3. The van der Waals surface area contributed by atoms with Gasteiger partial charge in [0.05, 0.1) is 0 Å². The molecule has 0 saturated carbocycles. The number of carboxylic acids is 1. The summed E-state index contributed by atoms with van der Waals surface area (Å²) in [6, 6.07) is 0.301. The lowest BCUT2D eigenvalue weighted by Gasteiger charge is -2.31. The molecule has 2 saturated heterocycles. The molecule has 5 nitrogen and oxygen atoms in total. The molecule has 2 fully saturated rings. The summed E-state index contributed by atoms with van der Waals surface area (Å²) in [6.45, 7) is 5.15. The molecule has 114 valence electrons. The van der Waals surface area contributed by atoms with Crippen LogP contribution in [0.1, 0.15) is 52.4 Å². The average molecular weight is 283 g/mol. The van der Waals surface area contributed by atoms with Crippen molar-refractivity contribution in [3.8, 4) is 0 Å². The highest BCUT2D eigenvalue weighted by atomic mass is 16.5. The standard InChI is InChI=1S/C15H25NO4/c1-3-5-10(2)11-6-4-9-16(11)14(17)12-7-8-13(20-12)15(18)19/h10-13H,3-9H2,1-2H3,(H,18,19)/t10?,11?,12-,13+/m0/s1. The first kappa shape index (κ1) is 15.3. The van der Waals surface area contributed by atoms with Gasteiger partial charge in [-0.25, -0.2) is 4.79 Å². The van der Waals surface area contributed by atoms with Crippen molar-refractivity contribution in [2.75, 3.05) is 6.54 Å². The van der Waals surface area contributed by atoms with Crippen LogP contribution in [0.25, 0.3) is 0 Å². The van der Waals surface area contributed by atoms with Gasteiger partial charge in [-0.15, -0.1) is 0 Å². The SMILES string of the molecule is CCCC(C)C1CCCN1C(=O)[C@@H]1CC[C@H](C(=O)O)O1. The molecule has 2 aliphatic heterocycles. The molecule has 0 radical (unpaired) electrons. The third-order valence-corrected chi connectivity index (χ3v) is 4.55. The zero-order valence-corrected chi connectivity index (χ0v) is 12.4. The summed E-state index contributed by atoms with van der Waals surface area (Å²) in [6.07, 6.45) is 3.96. The van der Waals surface area contributed by atoms with Gasteiger partial charge in [-0.05, 0) is 38.0 Å². The topological polar surface area (TPSA) is 66.8 Å². The molecular weight excluding hydrogens is 258 g/mol. The minimum Gasteiger partial charge on any atom is -0.479 e. The highest BCUT2D eigenvalue weighted by Crippen LogP contribution is 2.30. The number of amides is 1. The summed E-state index contributed by atoms with van der Waals surface area (Å²) in [5, 5.41) is 8.94. The highest BCUT2D eigenvalue weighted by molar-refractivity contribution is 5.83. The van der Waals surface area contributed by atoms with Crippen LogP contribution in [0.5, 0.6) is 0 Å². The number of ether oxygens (including phenoxy) is 1. The molecule has 0 bridgehead atoms. The molecule has 0 aromatic carbocycles. The second-order valence-corrected chi connectivity index (χ2v) is 6.04. The van der Waals surface area contributed by atoms with Crippen LogP contribution in [0.3, 0.4) is 0 Å². The van der Waals surface area contributed by atoms with Gasteiger partial charge in [0, 0.05) is 12.6 Å². The van der Waals surface area contributed by atoms with Crippen molar-refractivity contribution in [3.05, 3.63) is 0 Å². The number of carbonyl (C=O) groups is 2. The van der Waals surface area contributed by atoms with E-state index in [2.05, 4.69) is 13.8 Å². The lowest BCUT2D eigenvalue weighted by molar-refractivity contribution is -0.155. The molecule has 2 unspecified atom stereocenters. The number of hydrogen-bond donors (Lipinski definition) is 1. The summed E-state index contributed by atoms with van der Waals surface area (Å²) in [7, 11) is 0. The van der Waals surface area contributed by atoms with E-state index in [0.717, 1.165) is 32.2 Å². The van der Waals surface area contributed by atoms with E-state index in [1.807, 2.05) is 4.90 Å². The van der Waals surface area contributed by atoms with E-state index in [4.69, 9.17) is 9.84 Å². The second-order valence-electron chi connectivity index (χ2n) is 6.04. The Morgan fingerprint density at radius 1 is 1.30 bits per heavy atom. The molecule has 1 amide bonds. The van der Waals surface area contributed by atoms with Gasteiger partial charge in [-0.1, -0.05) is 20.3 Å². The molecule has 20 heavy (non-hydrogen) atoms. The van der Waals surface area contributed by atoms with Gasteiger partial charge < -0.3 is 14.7 Å². The van der Waals surface area contributed by atoms with Crippen LogP contribution in [0, 0.1) is 5.92 Å². The van der Waals surface area contributed by atoms with Crippen molar-refractivity contribution in [2.24, 2.45) is 5.92 Å². The zero-order valence-electron chi connectivity index (χ0n) is 12.4. The molecule has 2 aliphatic rings. The predicted octanol–water partition coefficient (Wildman–Crippen LogP) is 2.05. The van der Waals surface area contributed by atoms with E-state index >= 15 is 0 Å². The van der Waals surface area contributed by atoms with Crippen LogP contribution in [0.2, 0.25) is 0 Å². The first-order valence-corrected chi connectivity index (χ1v) is 7.73. The summed E-state index contributed by atoms with van der Waals surface area (Å²) < 4.78 is 5.39. The Morgan fingerprint density at radius 3 is 2.60 bits per heavy atom. The molecule has 0 aromatic heterocycles. The maximum Gasteiger partial charge on any atom is 0.332 e. The van der Waals surface area contributed by atoms with Crippen molar-refractivity contribution in [1.82, 2.24) is 4.90 Å². The molecule has 1 N–H and O–H groups in total. The quantitative estimate of drug-likeness (QED) is 0.838. The van der Waals surface area contributed by atoms with Crippen LogP contribution >= 0.6 is 0 Å². The Morgan fingerprint density at radius 2 is 2.00 bits per heavy atom. The Kier molecular flexibility index (Phi) is 5.02. The highest BCUT2D eigenvalue weighted by Gasteiger charge is 2.40. The van der Waals surface area contributed by atoms with Crippen LogP contribution < -0.4 is 0 Å². The number of nitrogens with zero attached hydrogens (tertiary/aromatic N) is 1. The van der Waals surface area contributed by atoms with Crippen LogP contribution in [0.4, 0.5) is 0 Å². The number of aliphatic carboxylic acids is 1. The van der Waals surface area contributed by atoms with Crippen LogP contribution in [0.15, 0.2) is 0 Å². The van der Waals surface area contributed by atoms with Gasteiger partial charge in [0.2, 0.25) is 0 Å². The van der Waals surface area contributed by atoms with Crippen LogP contribution in [-0.4, -0.2) is 46.7 Å². The van der Waals surface area contributed by atoms with Crippen LogP contribution in [-0.2, 0) is 14.3 Å². The Hall–Kier alpha value is -1.10. The second kappa shape index (κ2) is 6.57. The van der Waals surface area contributed by atoms with Gasteiger partial charge in [0.15, 0.2) is 6.10 Å². The molecule has 4 atom stereocenters. The van der Waals surface area contributed by atoms with Gasteiger partial charge >= 0.3 is 5.97 Å². The fraction of sp³-hybridized carbons (Fsp3) is 0.867. The van der Waals surface area contributed by atoms with E-state index < -0.39 is 18.2 Å². The van der Waals surface area contributed by atoms with Gasteiger partial charge in [-0.3, -0.25) is 4.79 Å². The smallest absolute Gasteiger partial charge is 0.332 e. The Bertz CT molecular complexity index is 371. The monoisotopic (exact) mass is 283 g/mol. The summed E-state index contributed by atoms with van der Waals surface area (Å²) >= 11 is 0. The Labute approximate surface area is 120 Å². The molecule has 0 aromatic rings. The van der Waals surface area contributed by atoms with E-state index in [1.165, 1.54) is 0 Å². The molecule has 0 spiro atoms. The molecule has 5 heteroatoms.